The molecule has 0 spiro atoms. The van der Waals surface area contributed by atoms with Crippen LogP contribution in [0.4, 0.5) is 122 Å². The van der Waals surface area contributed by atoms with E-state index in [0.29, 0.717) is 111 Å². The molecule has 0 amide bonds. The van der Waals surface area contributed by atoms with E-state index < -0.39 is 0 Å². The smallest absolute Gasteiger partial charge is 0.249 e. The lowest BCUT2D eigenvalue weighted by Crippen LogP contribution is -2.37. The highest BCUT2D eigenvalue weighted by molar-refractivity contribution is 7.12. The van der Waals surface area contributed by atoms with Gasteiger partial charge in [0.2, 0.25) is 64.6 Å². The van der Waals surface area contributed by atoms with E-state index in [0.717, 1.165) is 96.3 Å². The van der Waals surface area contributed by atoms with E-state index in [9.17, 15) is 0 Å². The summed E-state index contributed by atoms with van der Waals surface area (Å²) in [6.07, 6.45) is 6.99. The SMILES string of the molecule is COc1ccc(Nc2nc(N)n(-c3cc(Nc4ccccc4)ncn3)n2)c(OC)c1.COc1cccc(Nc2nc(N)n(-c3cc(Nc4ccccc4)ncn3)n2)c1.COc1ccccc1Nc1nc(N)n(-c2cc(Nc3ccccc3)ncn2)n1.Cc1cc(C)cc(Nc2nc(N)n(-c3nc(C)cs3)n2)c1.Nc1nc(Nc2ccc(OCCCN3CCOCC3)cc2)nn1-c1ccccn1. The fourth-order valence-corrected chi connectivity index (χ4v) is 13.9. The molecule has 8 aromatic carbocycles. The lowest BCUT2D eigenvalue weighted by atomic mass is 10.1. The summed E-state index contributed by atoms with van der Waals surface area (Å²) < 4.78 is 39.7. The van der Waals surface area contributed by atoms with E-state index in [1.807, 2.05) is 206 Å². The maximum atomic E-state index is 6.06. The lowest BCUT2D eigenvalue weighted by molar-refractivity contribution is 0.0358. The molecule has 1 aliphatic rings. The van der Waals surface area contributed by atoms with Crippen LogP contribution in [0.5, 0.6) is 28.7 Å². The van der Waals surface area contributed by atoms with E-state index in [4.69, 9.17) is 57.1 Å². The zero-order valence-corrected chi connectivity index (χ0v) is 75.6. The number of rotatable bonds is 30. The Labute approximate surface area is 784 Å². The second kappa shape index (κ2) is 45.4. The third kappa shape index (κ3) is 25.7. The Morgan fingerprint density at radius 1 is 0.346 bits per heavy atom. The number of morpholine rings is 1. The maximum absolute atomic E-state index is 6.06. The van der Waals surface area contributed by atoms with Gasteiger partial charge in [-0.3, -0.25) is 4.90 Å². The monoisotopic (exact) mass is 1850 g/mol. The number of anilines is 21. The molecule has 19 rings (SSSR count). The first-order valence-electron chi connectivity index (χ1n) is 42.2. The number of ether oxygens (including phenoxy) is 6. The summed E-state index contributed by atoms with van der Waals surface area (Å²) in [4.78, 5) is 57.7. The van der Waals surface area contributed by atoms with Gasteiger partial charge >= 0.3 is 0 Å². The number of benzene rings is 8. The minimum Gasteiger partial charge on any atom is -0.497 e. The number of pyridine rings is 1. The first-order chi connectivity index (χ1) is 66.4. The van der Waals surface area contributed by atoms with Crippen molar-refractivity contribution in [2.45, 2.75) is 27.2 Å². The molecule has 11 heterocycles. The third-order valence-corrected chi connectivity index (χ3v) is 20.4. The second-order valence-corrected chi connectivity index (χ2v) is 30.3. The number of methoxy groups -OCH3 is 4. The first kappa shape index (κ1) is 92.5. The molecule has 1 saturated heterocycles. The van der Waals surface area contributed by atoms with Gasteiger partial charge in [0, 0.05) is 95.7 Å². The Morgan fingerprint density at radius 3 is 1.26 bits per heavy atom. The number of para-hydroxylation sites is 5. The summed E-state index contributed by atoms with van der Waals surface area (Å²) in [5.74, 6) is 10.4. The number of nitrogens with zero attached hydrogens (tertiary/aromatic N) is 24. The van der Waals surface area contributed by atoms with E-state index >= 15 is 0 Å². The Balaban J connectivity index is 0.000000130. The second-order valence-electron chi connectivity index (χ2n) is 29.4. The number of thiazole rings is 1. The van der Waals surface area contributed by atoms with Crippen LogP contribution < -0.4 is 94.9 Å². The summed E-state index contributed by atoms with van der Waals surface area (Å²) in [6.45, 7) is 11.4. The van der Waals surface area contributed by atoms with E-state index in [1.54, 1.807) is 75.7 Å². The number of aromatic nitrogens is 23. The molecule has 136 heavy (non-hydrogen) atoms. The van der Waals surface area contributed by atoms with Crippen LogP contribution in [-0.2, 0) is 4.74 Å². The van der Waals surface area contributed by atoms with Gasteiger partial charge in [0.05, 0.1) is 65.3 Å². The van der Waals surface area contributed by atoms with Gasteiger partial charge in [-0.15, -0.1) is 36.8 Å². The van der Waals surface area contributed by atoms with Crippen LogP contribution in [0.15, 0.2) is 267 Å². The van der Waals surface area contributed by atoms with Gasteiger partial charge in [-0.25, -0.2) is 39.9 Å². The van der Waals surface area contributed by atoms with Crippen LogP contribution in [0.1, 0.15) is 23.2 Å². The molecule has 1 aliphatic heterocycles. The maximum Gasteiger partial charge on any atom is 0.249 e. The molecule has 0 radical (unpaired) electrons. The van der Waals surface area contributed by atoms with Gasteiger partial charge in [-0.05, 0) is 160 Å². The molecule has 0 bridgehead atoms. The highest BCUT2D eigenvalue weighted by Gasteiger charge is 2.20. The van der Waals surface area contributed by atoms with Crippen molar-refractivity contribution in [1.82, 2.24) is 119 Å². The molecule has 692 valence electrons. The van der Waals surface area contributed by atoms with Gasteiger partial charge in [-0.2, -0.15) is 48.3 Å². The molecule has 0 saturated carbocycles. The van der Waals surface area contributed by atoms with Gasteiger partial charge in [0.15, 0.2) is 23.3 Å². The van der Waals surface area contributed by atoms with Gasteiger partial charge < -0.3 is 99.6 Å². The Bertz CT molecular complexity index is 6860. The summed E-state index contributed by atoms with van der Waals surface area (Å²) in [5.41, 5.74) is 40.0. The molecule has 44 heteroatoms. The molecule has 18 aromatic rings. The Hall–Kier alpha value is -18.2. The van der Waals surface area contributed by atoms with Crippen molar-refractivity contribution in [3.05, 3.63) is 284 Å². The minimum atomic E-state index is 0.175. The standard InChI is InChI=1S/C20H20N8O2.C20H25N7O2.2C19H18N8O.C14H16N6S/c1-29-14-8-9-15(16(10-14)30-2)25-20-26-19(21)28(27-20)18-11-17(22-12-23-18)24-13-6-4-3-5-7-13;21-19-24-20(25-27(19)18-4-1-2-9-22-18)23-16-5-7-17(8-6-16)29-13-3-10-26-11-14-28-15-12-26;1-28-15-10-6-5-9-14(15)24-19-25-18(20)27(26-19)17-11-16(21-12-22-17)23-13-7-3-2-4-8-13;1-28-15-9-5-8-14(10-15)24-19-25-18(20)27(26-19)17-11-16(21-12-22-17)23-13-6-3-2-4-7-13;1-8-4-9(2)6-11(5-8)17-13-18-12(15)20(19-13)14-16-10(3)7-21-14/h3-12H,1-2H3,(H,22,23,24)(H3,21,25,26,27);1-2,4-9H,3,10-15H2,(H3,21,23,24,25);2*2-12H,1H3,(H,21,22,23)(H3,20,24,25,26);4-7H,1-3H3,(H3,15,17,18,19). The van der Waals surface area contributed by atoms with Crippen molar-refractivity contribution in [3.63, 3.8) is 0 Å². The van der Waals surface area contributed by atoms with Crippen LogP contribution in [0, 0.1) is 20.8 Å². The molecule has 0 atom stereocenters. The highest BCUT2D eigenvalue weighted by atomic mass is 32.1. The predicted octanol–water partition coefficient (Wildman–Crippen LogP) is 14.5. The zero-order chi connectivity index (χ0) is 94.5. The van der Waals surface area contributed by atoms with E-state index in [2.05, 4.69) is 158 Å². The van der Waals surface area contributed by atoms with Crippen molar-refractivity contribution < 1.29 is 28.4 Å². The Morgan fingerprint density at radius 2 is 0.772 bits per heavy atom. The molecule has 10 aromatic heterocycles. The zero-order valence-electron chi connectivity index (χ0n) is 74.8. The average Bonchev–Trinajstić information content (AvgIpc) is 1.67. The fourth-order valence-electron chi connectivity index (χ4n) is 13.2. The van der Waals surface area contributed by atoms with Crippen molar-refractivity contribution in [1.29, 1.82) is 0 Å². The lowest BCUT2D eigenvalue weighted by Gasteiger charge is -2.26. The molecular formula is C92H97N37O6S. The molecule has 1 fully saturated rings. The summed E-state index contributed by atoms with van der Waals surface area (Å²) in [6, 6.07) is 74.1. The minimum absolute atomic E-state index is 0.175. The number of hydrogen-bond acceptors (Lipinski definition) is 39. The molecular weight excluding hydrogens is 1750 g/mol. The largest absolute Gasteiger partial charge is 0.497 e. The molecule has 18 N–H and O–H groups in total. The molecule has 0 aliphatic carbocycles. The number of nitrogens with one attached hydrogen (secondary N) is 8. The number of hydrogen-bond donors (Lipinski definition) is 13. The van der Waals surface area contributed by atoms with E-state index in [-0.39, 0.29) is 23.8 Å². The van der Waals surface area contributed by atoms with Crippen molar-refractivity contribution in [2.24, 2.45) is 0 Å². The van der Waals surface area contributed by atoms with E-state index in [1.165, 1.54) is 60.2 Å². The topological polar surface area (TPSA) is 542 Å². The molecule has 43 nitrogen and oxygen atoms in total. The van der Waals surface area contributed by atoms with Crippen LogP contribution >= 0.6 is 11.3 Å². The molecule has 0 unspecified atom stereocenters. The van der Waals surface area contributed by atoms with Crippen molar-refractivity contribution in [3.8, 4) is 57.2 Å². The van der Waals surface area contributed by atoms with Crippen LogP contribution in [0.2, 0.25) is 0 Å². The fraction of sp³-hybridized carbons (Fsp3) is 0.152. The van der Waals surface area contributed by atoms with Crippen LogP contribution in [0.3, 0.4) is 0 Å². The highest BCUT2D eigenvalue weighted by Crippen LogP contribution is 2.34. The van der Waals surface area contributed by atoms with Crippen LogP contribution in [-0.4, -0.2) is 186 Å². The van der Waals surface area contributed by atoms with Crippen molar-refractivity contribution in [2.75, 3.05) is 139 Å². The predicted molar refractivity (Wildman–Crippen MR) is 525 cm³/mol. The van der Waals surface area contributed by atoms with Gasteiger partial charge in [-0.1, -0.05) is 84.9 Å². The summed E-state index contributed by atoms with van der Waals surface area (Å²) in [5, 5.41) is 49.8. The quantitative estimate of drug-likeness (QED) is 0.0186. The summed E-state index contributed by atoms with van der Waals surface area (Å²) in [7, 11) is 6.38. The number of aryl methyl sites for hydroxylation is 3. The number of nitrogen functional groups attached to an aromatic ring is 5. The van der Waals surface area contributed by atoms with Crippen molar-refractivity contribution >= 4 is 134 Å². The van der Waals surface area contributed by atoms with Crippen LogP contribution in [0.25, 0.3) is 28.4 Å². The van der Waals surface area contributed by atoms with Gasteiger partial charge in [0.25, 0.3) is 0 Å². The third-order valence-electron chi connectivity index (χ3n) is 19.5. The normalized spacial score (nSPS) is 11.4. The summed E-state index contributed by atoms with van der Waals surface area (Å²) >= 11 is 1.48. The number of nitrogens with two attached hydrogens (primary N) is 5. The van der Waals surface area contributed by atoms with Gasteiger partial charge in [0.1, 0.15) is 65.2 Å². The first-order valence-corrected chi connectivity index (χ1v) is 43.1. The average molecular weight is 1850 g/mol. The Kier molecular flexibility index (Phi) is 30.9.